The normalized spacial score (nSPS) is 10.6. The number of benzene rings is 1. The van der Waals surface area contributed by atoms with Crippen molar-refractivity contribution in [3.8, 4) is 11.8 Å². The SMILES string of the molecule is COc1ccc(CCNC(=O)/C(C#N)=C\N(C=O)CCCN)cc1. The van der Waals surface area contributed by atoms with E-state index in [4.69, 9.17) is 15.7 Å². The number of hydrogen-bond donors (Lipinski definition) is 2. The van der Waals surface area contributed by atoms with Crippen molar-refractivity contribution in [3.05, 3.63) is 41.6 Å². The van der Waals surface area contributed by atoms with Gasteiger partial charge in [-0.2, -0.15) is 5.26 Å². The van der Waals surface area contributed by atoms with Crippen LogP contribution in [0.2, 0.25) is 0 Å². The van der Waals surface area contributed by atoms with E-state index in [9.17, 15) is 9.59 Å². The van der Waals surface area contributed by atoms with Crippen LogP contribution in [0, 0.1) is 11.3 Å². The smallest absolute Gasteiger partial charge is 0.263 e. The third-order valence-corrected chi connectivity index (χ3v) is 3.27. The fourth-order valence-electron chi connectivity index (χ4n) is 1.93. The molecule has 7 heteroatoms. The van der Waals surface area contributed by atoms with E-state index in [-0.39, 0.29) is 5.57 Å². The molecule has 1 aromatic carbocycles. The van der Waals surface area contributed by atoms with Gasteiger partial charge >= 0.3 is 0 Å². The van der Waals surface area contributed by atoms with Crippen molar-refractivity contribution in [1.82, 2.24) is 10.2 Å². The van der Waals surface area contributed by atoms with Crippen molar-refractivity contribution in [2.75, 3.05) is 26.7 Å². The molecule has 0 atom stereocenters. The van der Waals surface area contributed by atoms with E-state index in [0.29, 0.717) is 38.9 Å². The van der Waals surface area contributed by atoms with Crippen molar-refractivity contribution in [3.63, 3.8) is 0 Å². The van der Waals surface area contributed by atoms with E-state index < -0.39 is 5.91 Å². The number of methoxy groups -OCH3 is 1. The molecular formula is C17H22N4O3. The van der Waals surface area contributed by atoms with Gasteiger partial charge in [-0.15, -0.1) is 0 Å². The Morgan fingerprint density at radius 3 is 2.67 bits per heavy atom. The van der Waals surface area contributed by atoms with Crippen LogP contribution in [0.5, 0.6) is 5.75 Å². The van der Waals surface area contributed by atoms with Gasteiger partial charge in [0.2, 0.25) is 6.41 Å². The van der Waals surface area contributed by atoms with Gasteiger partial charge in [-0.3, -0.25) is 9.59 Å². The van der Waals surface area contributed by atoms with Crippen molar-refractivity contribution in [2.24, 2.45) is 5.73 Å². The van der Waals surface area contributed by atoms with Crippen LogP contribution in [0.3, 0.4) is 0 Å². The van der Waals surface area contributed by atoms with Crippen LogP contribution in [0.1, 0.15) is 12.0 Å². The lowest BCUT2D eigenvalue weighted by Gasteiger charge is -2.12. The van der Waals surface area contributed by atoms with Crippen LogP contribution in [-0.4, -0.2) is 44.0 Å². The zero-order valence-electron chi connectivity index (χ0n) is 13.7. The van der Waals surface area contributed by atoms with Crippen LogP contribution in [0.15, 0.2) is 36.0 Å². The Kier molecular flexibility index (Phi) is 8.64. The van der Waals surface area contributed by atoms with Crippen LogP contribution in [-0.2, 0) is 16.0 Å². The molecule has 0 aromatic heterocycles. The third kappa shape index (κ3) is 6.50. The third-order valence-electron chi connectivity index (χ3n) is 3.27. The number of ether oxygens (including phenoxy) is 1. The largest absolute Gasteiger partial charge is 0.497 e. The molecule has 1 rings (SSSR count). The molecule has 0 radical (unpaired) electrons. The van der Waals surface area contributed by atoms with Crippen LogP contribution >= 0.6 is 0 Å². The molecule has 0 heterocycles. The maximum atomic E-state index is 12.0. The average Bonchev–Trinajstić information content (AvgIpc) is 2.62. The van der Waals surface area contributed by atoms with E-state index in [1.165, 1.54) is 11.1 Å². The molecule has 7 nitrogen and oxygen atoms in total. The molecule has 0 bridgehead atoms. The molecule has 0 fully saturated rings. The highest BCUT2D eigenvalue weighted by atomic mass is 16.5. The Hall–Kier alpha value is -2.85. The Balaban J connectivity index is 2.54. The van der Waals surface area contributed by atoms with E-state index in [1.54, 1.807) is 7.11 Å². The summed E-state index contributed by atoms with van der Waals surface area (Å²) in [6.45, 7) is 1.17. The summed E-state index contributed by atoms with van der Waals surface area (Å²) >= 11 is 0. The molecule has 0 spiro atoms. The average molecular weight is 330 g/mol. The van der Waals surface area contributed by atoms with Gasteiger partial charge in [0, 0.05) is 19.3 Å². The number of nitriles is 1. The highest BCUT2D eigenvalue weighted by Crippen LogP contribution is 2.11. The zero-order valence-corrected chi connectivity index (χ0v) is 13.7. The minimum absolute atomic E-state index is 0.117. The fraction of sp³-hybridized carbons (Fsp3) is 0.353. The molecule has 0 aliphatic rings. The number of nitrogens with zero attached hydrogens (tertiary/aromatic N) is 2. The topological polar surface area (TPSA) is 108 Å². The number of carbonyl (C=O) groups is 2. The van der Waals surface area contributed by atoms with Gasteiger partial charge in [-0.1, -0.05) is 12.1 Å². The quantitative estimate of drug-likeness (QED) is 0.370. The summed E-state index contributed by atoms with van der Waals surface area (Å²) in [5.74, 6) is 0.259. The maximum absolute atomic E-state index is 12.0. The van der Waals surface area contributed by atoms with Gasteiger partial charge in [-0.05, 0) is 37.1 Å². The summed E-state index contributed by atoms with van der Waals surface area (Å²) in [6, 6.07) is 9.32. The van der Waals surface area contributed by atoms with Crippen LogP contribution < -0.4 is 15.8 Å². The van der Waals surface area contributed by atoms with Crippen molar-refractivity contribution in [1.29, 1.82) is 5.26 Å². The van der Waals surface area contributed by atoms with E-state index in [1.807, 2.05) is 30.3 Å². The van der Waals surface area contributed by atoms with Crippen molar-refractivity contribution < 1.29 is 14.3 Å². The molecule has 0 aliphatic heterocycles. The molecule has 3 N–H and O–H groups in total. The van der Waals surface area contributed by atoms with Gasteiger partial charge in [0.15, 0.2) is 0 Å². The Morgan fingerprint density at radius 2 is 2.12 bits per heavy atom. The Bertz CT molecular complexity index is 605. The first-order valence-corrected chi connectivity index (χ1v) is 7.58. The molecule has 128 valence electrons. The lowest BCUT2D eigenvalue weighted by atomic mass is 10.1. The van der Waals surface area contributed by atoms with Gasteiger partial charge in [-0.25, -0.2) is 0 Å². The van der Waals surface area contributed by atoms with Crippen LogP contribution in [0.4, 0.5) is 0 Å². The molecule has 0 unspecified atom stereocenters. The van der Waals surface area contributed by atoms with Crippen molar-refractivity contribution in [2.45, 2.75) is 12.8 Å². The predicted octanol–water partition coefficient (Wildman–Crippen LogP) is 0.569. The van der Waals surface area contributed by atoms with E-state index >= 15 is 0 Å². The molecule has 0 saturated carbocycles. The van der Waals surface area contributed by atoms with Gasteiger partial charge < -0.3 is 20.7 Å². The first-order chi connectivity index (χ1) is 11.6. The first kappa shape index (κ1) is 19.2. The monoisotopic (exact) mass is 330 g/mol. The summed E-state index contributed by atoms with van der Waals surface area (Å²) in [6.07, 6.45) is 3.02. The summed E-state index contributed by atoms with van der Waals surface area (Å²) < 4.78 is 5.08. The number of nitrogens with two attached hydrogens (primary N) is 1. The lowest BCUT2D eigenvalue weighted by molar-refractivity contribution is -0.117. The number of hydrogen-bond acceptors (Lipinski definition) is 5. The summed E-state index contributed by atoms with van der Waals surface area (Å²) in [5, 5.41) is 11.7. The standard InChI is InChI=1S/C17H22N4O3/c1-24-16-5-3-14(4-6-16)7-9-20-17(23)15(11-19)12-21(13-22)10-2-8-18/h3-6,12-13H,2,7-10,18H2,1H3,(H,20,23)/b15-12-. The second-order valence-electron chi connectivity index (χ2n) is 4.99. The van der Waals surface area contributed by atoms with E-state index in [0.717, 1.165) is 11.3 Å². The Morgan fingerprint density at radius 1 is 1.42 bits per heavy atom. The molecule has 24 heavy (non-hydrogen) atoms. The molecule has 0 saturated heterocycles. The zero-order chi connectivity index (χ0) is 17.8. The summed E-state index contributed by atoms with van der Waals surface area (Å²) in [7, 11) is 1.60. The van der Waals surface area contributed by atoms with Gasteiger partial charge in [0.25, 0.3) is 5.91 Å². The van der Waals surface area contributed by atoms with Crippen molar-refractivity contribution >= 4 is 12.3 Å². The Labute approximate surface area is 141 Å². The second-order valence-corrected chi connectivity index (χ2v) is 4.99. The fourth-order valence-corrected chi connectivity index (χ4v) is 1.93. The number of rotatable bonds is 10. The maximum Gasteiger partial charge on any atom is 0.263 e. The minimum atomic E-state index is -0.509. The molecular weight excluding hydrogens is 308 g/mol. The first-order valence-electron chi connectivity index (χ1n) is 7.58. The van der Waals surface area contributed by atoms with Gasteiger partial charge in [0.05, 0.1) is 7.11 Å². The number of nitrogens with one attached hydrogen (secondary N) is 1. The number of amides is 2. The predicted molar refractivity (Wildman–Crippen MR) is 89.8 cm³/mol. The lowest BCUT2D eigenvalue weighted by Crippen LogP contribution is -2.28. The highest BCUT2D eigenvalue weighted by Gasteiger charge is 2.10. The minimum Gasteiger partial charge on any atom is -0.497 e. The number of carbonyl (C=O) groups excluding carboxylic acids is 2. The molecule has 2 amide bonds. The summed E-state index contributed by atoms with van der Waals surface area (Å²) in [5.41, 5.74) is 6.30. The second kappa shape index (κ2) is 10.8. The van der Waals surface area contributed by atoms with E-state index in [2.05, 4.69) is 5.32 Å². The summed E-state index contributed by atoms with van der Waals surface area (Å²) in [4.78, 5) is 24.2. The van der Waals surface area contributed by atoms with Crippen LogP contribution in [0.25, 0.3) is 0 Å². The highest BCUT2D eigenvalue weighted by molar-refractivity contribution is 5.97. The van der Waals surface area contributed by atoms with Gasteiger partial charge in [0.1, 0.15) is 17.4 Å². The molecule has 0 aliphatic carbocycles. The molecule has 1 aromatic rings.